The number of hydrogen-bond acceptors (Lipinski definition) is 3. The van der Waals surface area contributed by atoms with Crippen LogP contribution in [0, 0.1) is 5.82 Å². The molecule has 0 aliphatic carbocycles. The van der Waals surface area contributed by atoms with Gasteiger partial charge in [0, 0.05) is 0 Å². The molecule has 0 unspecified atom stereocenters. The molecule has 0 saturated heterocycles. The first-order valence-electron chi connectivity index (χ1n) is 7.97. The maximum absolute atomic E-state index is 13.1. The number of ether oxygens (including phenoxy) is 1. The minimum absolute atomic E-state index is 0.250. The standard InChI is InChI=1S/C21H15FN2O/c22-18-9-6-16(7-10-18)17-8-11-20-19(12-17)21(24-14-23-20)25-13-15-4-2-1-3-5-15/h1-12,14H,13H2. The molecule has 0 amide bonds. The third-order valence-corrected chi connectivity index (χ3v) is 3.99. The summed E-state index contributed by atoms with van der Waals surface area (Å²) in [4.78, 5) is 8.57. The Balaban J connectivity index is 1.69. The topological polar surface area (TPSA) is 35.0 Å². The maximum Gasteiger partial charge on any atom is 0.224 e. The quantitative estimate of drug-likeness (QED) is 0.527. The smallest absolute Gasteiger partial charge is 0.224 e. The van der Waals surface area contributed by atoms with Gasteiger partial charge in [0.15, 0.2) is 0 Å². The lowest BCUT2D eigenvalue weighted by Gasteiger charge is -2.09. The molecule has 0 saturated carbocycles. The highest BCUT2D eigenvalue weighted by Crippen LogP contribution is 2.28. The van der Waals surface area contributed by atoms with Crippen LogP contribution in [-0.4, -0.2) is 9.97 Å². The normalized spacial score (nSPS) is 10.8. The summed E-state index contributed by atoms with van der Waals surface area (Å²) >= 11 is 0. The lowest BCUT2D eigenvalue weighted by molar-refractivity contribution is 0.297. The second-order valence-corrected chi connectivity index (χ2v) is 5.69. The maximum atomic E-state index is 13.1. The van der Waals surface area contributed by atoms with Gasteiger partial charge in [-0.05, 0) is 41.0 Å². The van der Waals surface area contributed by atoms with Crippen molar-refractivity contribution < 1.29 is 9.13 Å². The van der Waals surface area contributed by atoms with E-state index in [1.54, 1.807) is 12.1 Å². The van der Waals surface area contributed by atoms with Gasteiger partial charge in [-0.3, -0.25) is 0 Å². The van der Waals surface area contributed by atoms with E-state index in [2.05, 4.69) is 9.97 Å². The van der Waals surface area contributed by atoms with E-state index in [1.165, 1.54) is 18.5 Å². The van der Waals surface area contributed by atoms with Crippen LogP contribution in [0.3, 0.4) is 0 Å². The van der Waals surface area contributed by atoms with Crippen molar-refractivity contribution >= 4 is 10.9 Å². The highest BCUT2D eigenvalue weighted by Gasteiger charge is 2.08. The second-order valence-electron chi connectivity index (χ2n) is 5.69. The van der Waals surface area contributed by atoms with Gasteiger partial charge in [0.2, 0.25) is 5.88 Å². The van der Waals surface area contributed by atoms with Crippen LogP contribution in [0.25, 0.3) is 22.0 Å². The molecule has 1 heterocycles. The van der Waals surface area contributed by atoms with Crippen molar-refractivity contribution in [3.8, 4) is 17.0 Å². The summed E-state index contributed by atoms with van der Waals surface area (Å²) in [5.74, 6) is 0.289. The zero-order valence-electron chi connectivity index (χ0n) is 13.4. The highest BCUT2D eigenvalue weighted by atomic mass is 19.1. The van der Waals surface area contributed by atoms with Crippen LogP contribution in [0.4, 0.5) is 4.39 Å². The molecule has 0 N–H and O–H groups in total. The number of fused-ring (bicyclic) bond motifs is 1. The number of nitrogens with zero attached hydrogens (tertiary/aromatic N) is 2. The Morgan fingerprint density at radius 2 is 1.56 bits per heavy atom. The van der Waals surface area contributed by atoms with Gasteiger partial charge < -0.3 is 4.74 Å². The van der Waals surface area contributed by atoms with E-state index < -0.39 is 0 Å². The van der Waals surface area contributed by atoms with Gasteiger partial charge in [0.05, 0.1) is 10.9 Å². The summed E-state index contributed by atoms with van der Waals surface area (Å²) in [5, 5.41) is 0.834. The molecule has 0 atom stereocenters. The van der Waals surface area contributed by atoms with Gasteiger partial charge in [0.25, 0.3) is 0 Å². The molecular formula is C21H15FN2O. The van der Waals surface area contributed by atoms with E-state index in [0.717, 1.165) is 27.6 Å². The molecule has 0 radical (unpaired) electrons. The molecule has 3 aromatic carbocycles. The van der Waals surface area contributed by atoms with E-state index in [9.17, 15) is 4.39 Å². The second kappa shape index (κ2) is 6.69. The van der Waals surface area contributed by atoms with E-state index in [-0.39, 0.29) is 5.82 Å². The average molecular weight is 330 g/mol. The van der Waals surface area contributed by atoms with Crippen LogP contribution < -0.4 is 4.74 Å². The minimum atomic E-state index is -0.250. The van der Waals surface area contributed by atoms with Crippen LogP contribution in [0.15, 0.2) is 79.1 Å². The first-order chi connectivity index (χ1) is 12.3. The van der Waals surface area contributed by atoms with Crippen LogP contribution in [-0.2, 0) is 6.61 Å². The van der Waals surface area contributed by atoms with Gasteiger partial charge >= 0.3 is 0 Å². The predicted molar refractivity (Wildman–Crippen MR) is 95.7 cm³/mol. The van der Waals surface area contributed by atoms with E-state index in [4.69, 9.17) is 4.74 Å². The van der Waals surface area contributed by atoms with Crippen LogP contribution in [0.2, 0.25) is 0 Å². The first-order valence-corrected chi connectivity index (χ1v) is 7.97. The van der Waals surface area contributed by atoms with Gasteiger partial charge in [-0.25, -0.2) is 14.4 Å². The zero-order chi connectivity index (χ0) is 17.1. The fourth-order valence-corrected chi connectivity index (χ4v) is 2.70. The van der Waals surface area contributed by atoms with Crippen molar-refractivity contribution in [2.75, 3.05) is 0 Å². The van der Waals surface area contributed by atoms with Crippen molar-refractivity contribution in [3.05, 3.63) is 90.5 Å². The summed E-state index contributed by atoms with van der Waals surface area (Å²) in [7, 11) is 0. The molecule has 0 fully saturated rings. The zero-order valence-corrected chi connectivity index (χ0v) is 13.4. The molecular weight excluding hydrogens is 315 g/mol. The molecule has 4 aromatic rings. The number of aromatic nitrogens is 2. The van der Waals surface area contributed by atoms with Gasteiger partial charge in [0.1, 0.15) is 18.8 Å². The van der Waals surface area contributed by atoms with Crippen molar-refractivity contribution in [3.63, 3.8) is 0 Å². The monoisotopic (exact) mass is 330 g/mol. The first kappa shape index (κ1) is 15.3. The molecule has 0 aliphatic rings. The summed E-state index contributed by atoms with van der Waals surface area (Å²) in [6.07, 6.45) is 1.50. The molecule has 3 nitrogen and oxygen atoms in total. The van der Waals surface area contributed by atoms with E-state index >= 15 is 0 Å². The van der Waals surface area contributed by atoms with E-state index in [1.807, 2.05) is 48.5 Å². The van der Waals surface area contributed by atoms with E-state index in [0.29, 0.717) is 12.5 Å². The highest BCUT2D eigenvalue weighted by molar-refractivity contribution is 5.88. The third-order valence-electron chi connectivity index (χ3n) is 3.99. The molecule has 4 rings (SSSR count). The molecule has 0 aliphatic heterocycles. The molecule has 25 heavy (non-hydrogen) atoms. The Morgan fingerprint density at radius 3 is 2.36 bits per heavy atom. The van der Waals surface area contributed by atoms with Gasteiger partial charge in [-0.2, -0.15) is 0 Å². The lowest BCUT2D eigenvalue weighted by Crippen LogP contribution is -1.98. The van der Waals surface area contributed by atoms with Crippen LogP contribution in [0.1, 0.15) is 5.56 Å². The molecule has 1 aromatic heterocycles. The Labute approximate surface area is 144 Å². The fourth-order valence-electron chi connectivity index (χ4n) is 2.70. The Bertz CT molecular complexity index is 1000. The summed E-state index contributed by atoms with van der Waals surface area (Å²) in [6, 6.07) is 22.2. The Morgan fingerprint density at radius 1 is 0.800 bits per heavy atom. The van der Waals surface area contributed by atoms with Crippen molar-refractivity contribution in [2.45, 2.75) is 6.61 Å². The van der Waals surface area contributed by atoms with Crippen molar-refractivity contribution in [1.29, 1.82) is 0 Å². The molecule has 0 bridgehead atoms. The average Bonchev–Trinajstić information content (AvgIpc) is 2.67. The van der Waals surface area contributed by atoms with Crippen molar-refractivity contribution in [2.24, 2.45) is 0 Å². The van der Waals surface area contributed by atoms with Crippen LogP contribution >= 0.6 is 0 Å². The molecule has 122 valence electrons. The SMILES string of the molecule is Fc1ccc(-c2ccc3ncnc(OCc4ccccc4)c3c2)cc1. The van der Waals surface area contributed by atoms with Gasteiger partial charge in [-0.15, -0.1) is 0 Å². The molecule has 0 spiro atoms. The summed E-state index contributed by atoms with van der Waals surface area (Å²) in [5.41, 5.74) is 3.78. The summed E-state index contributed by atoms with van der Waals surface area (Å²) < 4.78 is 19.0. The van der Waals surface area contributed by atoms with Crippen LogP contribution in [0.5, 0.6) is 5.88 Å². The largest absolute Gasteiger partial charge is 0.472 e. The molecule has 4 heteroatoms. The Hall–Kier alpha value is -3.27. The summed E-state index contributed by atoms with van der Waals surface area (Å²) in [6.45, 7) is 0.438. The number of hydrogen-bond donors (Lipinski definition) is 0. The Kier molecular flexibility index (Phi) is 4.09. The number of benzene rings is 3. The predicted octanol–water partition coefficient (Wildman–Crippen LogP) is 5.01. The number of rotatable bonds is 4. The fraction of sp³-hybridized carbons (Fsp3) is 0.0476. The third kappa shape index (κ3) is 3.33. The van der Waals surface area contributed by atoms with Crippen molar-refractivity contribution in [1.82, 2.24) is 9.97 Å². The lowest BCUT2D eigenvalue weighted by atomic mass is 10.0. The minimum Gasteiger partial charge on any atom is -0.472 e. The van der Waals surface area contributed by atoms with Gasteiger partial charge in [-0.1, -0.05) is 48.5 Å². The number of halogens is 1.